The zero-order chi connectivity index (χ0) is 14.1. The van der Waals surface area contributed by atoms with E-state index in [-0.39, 0.29) is 24.7 Å². The number of carbonyl (C=O) groups is 3. The molecule has 0 aliphatic heterocycles. The van der Waals surface area contributed by atoms with Gasteiger partial charge in [0, 0.05) is 6.42 Å². The van der Waals surface area contributed by atoms with E-state index < -0.39 is 24.0 Å². The molecule has 19 heavy (non-hydrogen) atoms. The van der Waals surface area contributed by atoms with Crippen molar-refractivity contribution < 1.29 is 19.5 Å². The summed E-state index contributed by atoms with van der Waals surface area (Å²) in [4.78, 5) is 33.7. The van der Waals surface area contributed by atoms with Crippen LogP contribution in [-0.2, 0) is 14.4 Å². The van der Waals surface area contributed by atoms with E-state index in [2.05, 4.69) is 10.6 Å². The molecule has 0 aromatic rings. The van der Waals surface area contributed by atoms with Gasteiger partial charge in [-0.25, -0.2) is 4.79 Å². The third-order valence-corrected chi connectivity index (χ3v) is 2.96. The lowest BCUT2D eigenvalue weighted by molar-refractivity contribution is -0.142. The van der Waals surface area contributed by atoms with E-state index in [9.17, 15) is 14.4 Å². The van der Waals surface area contributed by atoms with E-state index in [1.807, 2.05) is 6.26 Å². The lowest BCUT2D eigenvalue weighted by Crippen LogP contribution is -2.50. The summed E-state index contributed by atoms with van der Waals surface area (Å²) in [6, 6.07) is -1.64. The second-order valence-electron chi connectivity index (χ2n) is 3.82. The molecule has 0 aromatic carbocycles. The molecule has 2 amide bonds. The van der Waals surface area contributed by atoms with Crippen LogP contribution in [0.15, 0.2) is 0 Å². The maximum atomic E-state index is 11.7. The van der Waals surface area contributed by atoms with Crippen molar-refractivity contribution >= 4 is 42.0 Å². The molecule has 6 nitrogen and oxygen atoms in total. The SMILES string of the molecule is CCC(=O)N[C@@H](C)C(=O)N[C@@H](CCSC)C(=O)O.Cl. The lowest BCUT2D eigenvalue weighted by Gasteiger charge is -2.18. The molecule has 0 radical (unpaired) electrons. The number of nitrogens with one attached hydrogen (secondary N) is 2. The van der Waals surface area contributed by atoms with Gasteiger partial charge in [-0.15, -0.1) is 12.4 Å². The van der Waals surface area contributed by atoms with Crippen LogP contribution in [-0.4, -0.2) is 47.0 Å². The van der Waals surface area contributed by atoms with E-state index in [0.717, 1.165) is 0 Å². The van der Waals surface area contributed by atoms with Gasteiger partial charge in [0.15, 0.2) is 0 Å². The summed E-state index contributed by atoms with van der Waals surface area (Å²) in [6.07, 6.45) is 2.51. The molecule has 2 atom stereocenters. The third-order valence-electron chi connectivity index (χ3n) is 2.32. The first-order valence-corrected chi connectivity index (χ1v) is 7.13. The highest BCUT2D eigenvalue weighted by molar-refractivity contribution is 7.98. The Morgan fingerprint density at radius 2 is 1.84 bits per heavy atom. The fourth-order valence-corrected chi connectivity index (χ4v) is 1.67. The van der Waals surface area contributed by atoms with Gasteiger partial charge in [-0.3, -0.25) is 9.59 Å². The van der Waals surface area contributed by atoms with Crippen LogP contribution in [0.3, 0.4) is 0 Å². The quantitative estimate of drug-likeness (QED) is 0.611. The Labute approximate surface area is 123 Å². The molecule has 3 N–H and O–H groups in total. The number of carboxylic acid groups (broad SMARTS) is 1. The molecule has 0 aromatic heterocycles. The number of aliphatic carboxylic acids is 1. The van der Waals surface area contributed by atoms with Gasteiger partial charge < -0.3 is 15.7 Å². The summed E-state index contributed by atoms with van der Waals surface area (Å²) in [7, 11) is 0. The number of carbonyl (C=O) groups excluding carboxylic acids is 2. The van der Waals surface area contributed by atoms with Crippen molar-refractivity contribution in [2.45, 2.75) is 38.8 Å². The van der Waals surface area contributed by atoms with Crippen molar-refractivity contribution in [2.24, 2.45) is 0 Å². The second kappa shape index (κ2) is 10.9. The standard InChI is InChI=1S/C11H20N2O4S.ClH/c1-4-9(14)12-7(2)10(15)13-8(11(16)17)5-6-18-3;/h7-8H,4-6H2,1-3H3,(H,12,14)(H,13,15)(H,16,17);1H/t7-,8-;/m0./s1. The molecule has 0 unspecified atom stereocenters. The van der Waals surface area contributed by atoms with Gasteiger partial charge >= 0.3 is 5.97 Å². The Hall–Kier alpha value is -0.950. The molecular formula is C11H21ClN2O4S. The number of hydrogen-bond donors (Lipinski definition) is 3. The average Bonchev–Trinajstić information content (AvgIpc) is 2.33. The van der Waals surface area contributed by atoms with E-state index in [1.165, 1.54) is 18.7 Å². The molecule has 0 rings (SSSR count). The molecule has 0 heterocycles. The average molecular weight is 313 g/mol. The van der Waals surface area contributed by atoms with E-state index in [0.29, 0.717) is 12.2 Å². The molecule has 0 fully saturated rings. The van der Waals surface area contributed by atoms with Crippen LogP contribution in [0.4, 0.5) is 0 Å². The van der Waals surface area contributed by atoms with Gasteiger partial charge in [-0.1, -0.05) is 6.92 Å². The number of amides is 2. The molecule has 0 saturated heterocycles. The van der Waals surface area contributed by atoms with Crippen LogP contribution < -0.4 is 10.6 Å². The lowest BCUT2D eigenvalue weighted by atomic mass is 10.2. The Balaban J connectivity index is 0. The Morgan fingerprint density at radius 3 is 2.26 bits per heavy atom. The monoisotopic (exact) mass is 312 g/mol. The highest BCUT2D eigenvalue weighted by Crippen LogP contribution is 2.01. The Kier molecular flexibility index (Phi) is 11.7. The first-order chi connectivity index (χ1) is 8.42. The molecule has 8 heteroatoms. The zero-order valence-electron chi connectivity index (χ0n) is 11.3. The predicted octanol–water partition coefficient (Wildman–Crippen LogP) is 0.645. The van der Waals surface area contributed by atoms with E-state index >= 15 is 0 Å². The summed E-state index contributed by atoms with van der Waals surface area (Å²) in [6.45, 7) is 3.20. The van der Waals surface area contributed by atoms with Gasteiger partial charge in [0.2, 0.25) is 11.8 Å². The largest absolute Gasteiger partial charge is 0.480 e. The summed E-state index contributed by atoms with van der Waals surface area (Å²) >= 11 is 1.51. The normalized spacial score (nSPS) is 12.8. The molecule has 0 saturated carbocycles. The highest BCUT2D eigenvalue weighted by Gasteiger charge is 2.23. The smallest absolute Gasteiger partial charge is 0.326 e. The molecule has 0 bridgehead atoms. The van der Waals surface area contributed by atoms with Gasteiger partial charge in [0.1, 0.15) is 12.1 Å². The van der Waals surface area contributed by atoms with E-state index in [1.54, 1.807) is 6.92 Å². The maximum Gasteiger partial charge on any atom is 0.326 e. The van der Waals surface area contributed by atoms with Gasteiger partial charge in [0.25, 0.3) is 0 Å². The molecule has 112 valence electrons. The number of carboxylic acids is 1. The van der Waals surface area contributed by atoms with Crippen LogP contribution in [0, 0.1) is 0 Å². The third kappa shape index (κ3) is 8.72. The van der Waals surface area contributed by atoms with Gasteiger partial charge in [-0.05, 0) is 25.4 Å². The van der Waals surface area contributed by atoms with Gasteiger partial charge in [-0.2, -0.15) is 11.8 Å². The van der Waals surface area contributed by atoms with Crippen molar-refractivity contribution in [1.82, 2.24) is 10.6 Å². The van der Waals surface area contributed by atoms with Crippen LogP contribution in [0.5, 0.6) is 0 Å². The summed E-state index contributed by atoms with van der Waals surface area (Å²) in [5.74, 6) is -1.14. The Bertz CT molecular complexity index is 315. The number of halogens is 1. The van der Waals surface area contributed by atoms with E-state index in [4.69, 9.17) is 5.11 Å². The minimum Gasteiger partial charge on any atom is -0.480 e. The van der Waals surface area contributed by atoms with Crippen LogP contribution in [0.2, 0.25) is 0 Å². The number of rotatable bonds is 8. The summed E-state index contributed by atoms with van der Waals surface area (Å²) in [5, 5.41) is 13.8. The number of thioether (sulfide) groups is 1. The fraction of sp³-hybridized carbons (Fsp3) is 0.727. The highest BCUT2D eigenvalue weighted by atomic mass is 35.5. The number of hydrogen-bond acceptors (Lipinski definition) is 4. The van der Waals surface area contributed by atoms with Crippen LogP contribution in [0.1, 0.15) is 26.7 Å². The maximum absolute atomic E-state index is 11.7. The first kappa shape index (κ1) is 20.4. The zero-order valence-corrected chi connectivity index (χ0v) is 12.9. The Morgan fingerprint density at radius 1 is 1.26 bits per heavy atom. The van der Waals surface area contributed by atoms with Crippen molar-refractivity contribution in [1.29, 1.82) is 0 Å². The van der Waals surface area contributed by atoms with Crippen LogP contribution in [0.25, 0.3) is 0 Å². The topological polar surface area (TPSA) is 95.5 Å². The van der Waals surface area contributed by atoms with Crippen LogP contribution >= 0.6 is 24.2 Å². The van der Waals surface area contributed by atoms with Crippen molar-refractivity contribution in [2.75, 3.05) is 12.0 Å². The molecule has 0 aliphatic carbocycles. The van der Waals surface area contributed by atoms with Gasteiger partial charge in [0.05, 0.1) is 0 Å². The molecule has 0 aliphatic rings. The second-order valence-corrected chi connectivity index (χ2v) is 4.81. The first-order valence-electron chi connectivity index (χ1n) is 5.73. The summed E-state index contributed by atoms with van der Waals surface area (Å²) < 4.78 is 0. The van der Waals surface area contributed by atoms with Crippen molar-refractivity contribution in [3.8, 4) is 0 Å². The van der Waals surface area contributed by atoms with Crippen molar-refractivity contribution in [3.63, 3.8) is 0 Å². The molecular weight excluding hydrogens is 292 g/mol. The minimum atomic E-state index is -1.06. The minimum absolute atomic E-state index is 0. The predicted molar refractivity (Wildman–Crippen MR) is 77.7 cm³/mol. The fourth-order valence-electron chi connectivity index (χ4n) is 1.20. The van der Waals surface area contributed by atoms with Crippen molar-refractivity contribution in [3.05, 3.63) is 0 Å². The molecule has 0 spiro atoms. The summed E-state index contributed by atoms with van der Waals surface area (Å²) in [5.41, 5.74) is 0.